The van der Waals surface area contributed by atoms with Crippen LogP contribution < -0.4 is 4.90 Å². The van der Waals surface area contributed by atoms with Gasteiger partial charge in [-0.2, -0.15) is 0 Å². The van der Waals surface area contributed by atoms with Crippen molar-refractivity contribution in [2.45, 2.75) is 6.04 Å². The molecule has 1 aromatic carbocycles. The van der Waals surface area contributed by atoms with E-state index in [4.69, 9.17) is 0 Å². The van der Waals surface area contributed by atoms with Crippen molar-refractivity contribution in [3.8, 4) is 0 Å². The summed E-state index contributed by atoms with van der Waals surface area (Å²) in [6.07, 6.45) is 3.60. The van der Waals surface area contributed by atoms with Crippen molar-refractivity contribution in [2.75, 3.05) is 45.2 Å². The first kappa shape index (κ1) is 17.4. The molecule has 1 aromatic heterocycles. The molecule has 1 fully saturated rings. The maximum absolute atomic E-state index is 13.2. The summed E-state index contributed by atoms with van der Waals surface area (Å²) in [4.78, 5) is 23.2. The number of carbonyl (C=O) groups excluding carboxylic acids is 1. The molecule has 0 radical (unpaired) electrons. The summed E-state index contributed by atoms with van der Waals surface area (Å²) < 4.78 is 13.2. The van der Waals surface area contributed by atoms with E-state index in [-0.39, 0.29) is 11.7 Å². The Balaban J connectivity index is 1.68. The minimum absolute atomic E-state index is 0.0578. The highest BCUT2D eigenvalue weighted by molar-refractivity contribution is 5.83. The van der Waals surface area contributed by atoms with E-state index in [0.29, 0.717) is 13.1 Å². The third-order valence-corrected chi connectivity index (χ3v) is 4.54. The summed E-state index contributed by atoms with van der Waals surface area (Å²) in [6.45, 7) is 2.89. The average Bonchev–Trinajstić information content (AvgIpc) is 2.64. The van der Waals surface area contributed by atoms with Crippen LogP contribution in [0.4, 0.5) is 10.1 Å². The molecule has 3 rings (SSSR count). The Morgan fingerprint density at radius 3 is 2.36 bits per heavy atom. The van der Waals surface area contributed by atoms with E-state index < -0.39 is 6.04 Å². The second kappa shape index (κ2) is 7.61. The number of halogens is 1. The maximum atomic E-state index is 13.2. The van der Waals surface area contributed by atoms with Crippen LogP contribution in [-0.4, -0.2) is 61.0 Å². The topological polar surface area (TPSA) is 39.7 Å². The molecular weight excluding hydrogens is 319 g/mol. The number of anilines is 1. The zero-order chi connectivity index (χ0) is 17.8. The Morgan fingerprint density at radius 2 is 1.80 bits per heavy atom. The number of rotatable bonds is 4. The third-order valence-electron chi connectivity index (χ3n) is 4.54. The first-order valence-corrected chi connectivity index (χ1v) is 8.42. The Bertz CT molecular complexity index is 697. The van der Waals surface area contributed by atoms with Crippen LogP contribution in [0, 0.1) is 5.82 Å². The third kappa shape index (κ3) is 3.96. The van der Waals surface area contributed by atoms with Gasteiger partial charge in [0.15, 0.2) is 0 Å². The molecule has 0 bridgehead atoms. The number of likely N-dealkylation sites (N-methyl/N-ethyl adjacent to an activating group) is 1. The van der Waals surface area contributed by atoms with Crippen molar-refractivity contribution in [3.05, 3.63) is 60.2 Å². The lowest BCUT2D eigenvalue weighted by Gasteiger charge is -2.38. The number of hydrogen-bond donors (Lipinski definition) is 0. The van der Waals surface area contributed by atoms with Crippen LogP contribution in [0.15, 0.2) is 48.8 Å². The van der Waals surface area contributed by atoms with Gasteiger partial charge in [-0.3, -0.25) is 14.7 Å². The van der Waals surface area contributed by atoms with E-state index in [0.717, 1.165) is 24.3 Å². The molecule has 25 heavy (non-hydrogen) atoms. The standard InChI is InChI=1S/C19H23FN4O/c1-22(2)18(15-5-7-16(20)8-6-15)19(25)24-12-10-23(11-13-24)17-4-3-9-21-14-17/h3-9,14,18H,10-13H2,1-2H3. The molecule has 132 valence electrons. The zero-order valence-electron chi connectivity index (χ0n) is 14.6. The van der Waals surface area contributed by atoms with Crippen LogP contribution in [0.1, 0.15) is 11.6 Å². The van der Waals surface area contributed by atoms with Crippen LogP contribution in [0.2, 0.25) is 0 Å². The number of nitrogens with zero attached hydrogens (tertiary/aromatic N) is 4. The first-order valence-electron chi connectivity index (χ1n) is 8.42. The highest BCUT2D eigenvalue weighted by Crippen LogP contribution is 2.23. The van der Waals surface area contributed by atoms with E-state index in [2.05, 4.69) is 9.88 Å². The molecule has 2 aromatic rings. The predicted molar refractivity (Wildman–Crippen MR) is 95.9 cm³/mol. The van der Waals surface area contributed by atoms with E-state index >= 15 is 0 Å². The van der Waals surface area contributed by atoms with Crippen LogP contribution in [0.25, 0.3) is 0 Å². The van der Waals surface area contributed by atoms with Crippen molar-refractivity contribution in [1.29, 1.82) is 0 Å². The molecule has 2 heterocycles. The molecule has 6 heteroatoms. The molecule has 0 N–H and O–H groups in total. The number of hydrogen-bond acceptors (Lipinski definition) is 4. The number of benzene rings is 1. The van der Waals surface area contributed by atoms with Gasteiger partial charge in [0.2, 0.25) is 5.91 Å². The Kier molecular flexibility index (Phi) is 5.28. The van der Waals surface area contributed by atoms with Gasteiger partial charge in [-0.25, -0.2) is 4.39 Å². The second-order valence-corrected chi connectivity index (χ2v) is 6.44. The van der Waals surface area contributed by atoms with Gasteiger partial charge in [-0.15, -0.1) is 0 Å². The van der Waals surface area contributed by atoms with Gasteiger partial charge in [0.05, 0.1) is 11.9 Å². The Labute approximate surface area is 147 Å². The molecule has 0 saturated carbocycles. The molecule has 1 aliphatic rings. The minimum Gasteiger partial charge on any atom is -0.367 e. The number of amides is 1. The lowest BCUT2D eigenvalue weighted by atomic mass is 10.0. The lowest BCUT2D eigenvalue weighted by Crippen LogP contribution is -2.51. The van der Waals surface area contributed by atoms with Gasteiger partial charge in [0.1, 0.15) is 11.9 Å². The smallest absolute Gasteiger partial charge is 0.244 e. The molecule has 1 atom stereocenters. The second-order valence-electron chi connectivity index (χ2n) is 6.44. The molecule has 1 saturated heterocycles. The Hall–Kier alpha value is -2.47. The normalized spacial score (nSPS) is 16.2. The number of pyridine rings is 1. The molecule has 0 aliphatic carbocycles. The molecule has 1 aliphatic heterocycles. The fraction of sp³-hybridized carbons (Fsp3) is 0.368. The van der Waals surface area contributed by atoms with Crippen LogP contribution in [0.5, 0.6) is 0 Å². The van der Waals surface area contributed by atoms with E-state index in [1.165, 1.54) is 12.1 Å². The zero-order valence-corrected chi connectivity index (χ0v) is 14.6. The number of aromatic nitrogens is 1. The summed E-state index contributed by atoms with van der Waals surface area (Å²) in [5, 5.41) is 0. The average molecular weight is 342 g/mol. The molecule has 1 unspecified atom stereocenters. The fourth-order valence-corrected chi connectivity index (χ4v) is 3.21. The molecule has 1 amide bonds. The van der Waals surface area contributed by atoms with E-state index in [9.17, 15) is 9.18 Å². The summed E-state index contributed by atoms with van der Waals surface area (Å²) in [5.41, 5.74) is 1.89. The number of piperazine rings is 1. The summed E-state index contributed by atoms with van der Waals surface area (Å²) in [5.74, 6) is -0.235. The molecule has 0 spiro atoms. The van der Waals surface area contributed by atoms with Gasteiger partial charge in [0.25, 0.3) is 0 Å². The fourth-order valence-electron chi connectivity index (χ4n) is 3.21. The largest absolute Gasteiger partial charge is 0.367 e. The van der Waals surface area contributed by atoms with Crippen molar-refractivity contribution in [1.82, 2.24) is 14.8 Å². The van der Waals surface area contributed by atoms with Crippen molar-refractivity contribution in [3.63, 3.8) is 0 Å². The van der Waals surface area contributed by atoms with Crippen LogP contribution in [-0.2, 0) is 4.79 Å². The van der Waals surface area contributed by atoms with Gasteiger partial charge < -0.3 is 9.80 Å². The van der Waals surface area contributed by atoms with Gasteiger partial charge >= 0.3 is 0 Å². The van der Waals surface area contributed by atoms with Crippen molar-refractivity contribution < 1.29 is 9.18 Å². The van der Waals surface area contributed by atoms with Gasteiger partial charge in [-0.1, -0.05) is 12.1 Å². The lowest BCUT2D eigenvalue weighted by molar-refractivity contribution is -0.136. The number of carbonyl (C=O) groups is 1. The summed E-state index contributed by atoms with van der Waals surface area (Å²) in [7, 11) is 3.75. The molecule has 5 nitrogen and oxygen atoms in total. The Morgan fingerprint density at radius 1 is 1.12 bits per heavy atom. The predicted octanol–water partition coefficient (Wildman–Crippen LogP) is 2.17. The quantitative estimate of drug-likeness (QED) is 0.854. The summed E-state index contributed by atoms with van der Waals surface area (Å²) in [6, 6.07) is 9.73. The maximum Gasteiger partial charge on any atom is 0.244 e. The highest BCUT2D eigenvalue weighted by Gasteiger charge is 2.30. The minimum atomic E-state index is -0.398. The van der Waals surface area contributed by atoms with Crippen molar-refractivity contribution in [2.24, 2.45) is 0 Å². The van der Waals surface area contributed by atoms with E-state index in [1.807, 2.05) is 42.2 Å². The van der Waals surface area contributed by atoms with Gasteiger partial charge in [-0.05, 0) is 43.9 Å². The monoisotopic (exact) mass is 342 g/mol. The van der Waals surface area contributed by atoms with Gasteiger partial charge in [0, 0.05) is 32.4 Å². The summed E-state index contributed by atoms with van der Waals surface area (Å²) >= 11 is 0. The SMILES string of the molecule is CN(C)C(C(=O)N1CCN(c2cccnc2)CC1)c1ccc(F)cc1. The molecular formula is C19H23FN4O. The van der Waals surface area contributed by atoms with Crippen LogP contribution in [0.3, 0.4) is 0 Å². The van der Waals surface area contributed by atoms with Crippen LogP contribution >= 0.6 is 0 Å². The highest BCUT2D eigenvalue weighted by atomic mass is 19.1. The first-order chi connectivity index (χ1) is 12.1. The van der Waals surface area contributed by atoms with Crippen molar-refractivity contribution >= 4 is 11.6 Å². The van der Waals surface area contributed by atoms with E-state index in [1.54, 1.807) is 18.3 Å².